The summed E-state index contributed by atoms with van der Waals surface area (Å²) in [6, 6.07) is 3.71. The van der Waals surface area contributed by atoms with E-state index in [9.17, 15) is 23.3 Å². The van der Waals surface area contributed by atoms with E-state index in [0.29, 0.717) is 0 Å². The van der Waals surface area contributed by atoms with Crippen LogP contribution in [0.5, 0.6) is 0 Å². The Bertz CT molecular complexity index is 639. The van der Waals surface area contributed by atoms with Gasteiger partial charge in [0.1, 0.15) is 6.04 Å². The Morgan fingerprint density at radius 3 is 2.55 bits per heavy atom. The molecule has 2 unspecified atom stereocenters. The van der Waals surface area contributed by atoms with Gasteiger partial charge in [0.15, 0.2) is 0 Å². The summed E-state index contributed by atoms with van der Waals surface area (Å²) in [7, 11) is -3.81. The summed E-state index contributed by atoms with van der Waals surface area (Å²) in [6.45, 7) is 1.88. The average Bonchev–Trinajstić information content (AvgIpc) is 3.20. The number of nitrogens with zero attached hydrogens (tertiary/aromatic N) is 2. The van der Waals surface area contributed by atoms with Crippen LogP contribution in [0.15, 0.2) is 29.2 Å². The zero-order valence-corrected chi connectivity index (χ0v) is 11.4. The van der Waals surface area contributed by atoms with Gasteiger partial charge in [-0.05, 0) is 19.1 Å². The van der Waals surface area contributed by atoms with Crippen LogP contribution in [0, 0.1) is 10.1 Å². The third kappa shape index (κ3) is 2.63. The molecule has 0 aromatic heterocycles. The molecule has 1 aliphatic heterocycles. The maximum Gasteiger partial charge on any atom is 0.325 e. The Morgan fingerprint density at radius 2 is 2.05 bits per heavy atom. The summed E-state index contributed by atoms with van der Waals surface area (Å²) in [4.78, 5) is 21.2. The minimum atomic E-state index is -3.81. The maximum atomic E-state index is 12.1. The predicted octanol–water partition coefficient (Wildman–Crippen LogP) is 0.531. The number of hydrogen-bond acceptors (Lipinski definition) is 6. The Kier molecular flexibility index (Phi) is 3.73. The van der Waals surface area contributed by atoms with Crippen LogP contribution in [0.4, 0.5) is 5.69 Å². The molecule has 20 heavy (non-hydrogen) atoms. The predicted molar refractivity (Wildman–Crippen MR) is 67.4 cm³/mol. The lowest BCUT2D eigenvalue weighted by atomic mass is 10.3. The Hall–Kier alpha value is -2.00. The van der Waals surface area contributed by atoms with E-state index in [0.717, 1.165) is 28.6 Å². The molecule has 0 saturated carbocycles. The van der Waals surface area contributed by atoms with Gasteiger partial charge < -0.3 is 4.74 Å². The Balaban J connectivity index is 2.16. The third-order valence-corrected chi connectivity index (χ3v) is 4.67. The largest absolute Gasteiger partial charge is 0.465 e. The molecule has 2 rings (SSSR count). The van der Waals surface area contributed by atoms with Gasteiger partial charge in [-0.15, -0.1) is 0 Å². The van der Waals surface area contributed by atoms with E-state index < -0.39 is 27.0 Å². The second-order valence-corrected chi connectivity index (χ2v) is 5.98. The van der Waals surface area contributed by atoms with Crippen molar-refractivity contribution >= 4 is 21.7 Å². The van der Waals surface area contributed by atoms with Gasteiger partial charge in [-0.1, -0.05) is 0 Å². The quantitative estimate of drug-likeness (QED) is 0.340. The normalized spacial score (nSPS) is 21.2. The molecule has 1 saturated heterocycles. The molecule has 8 nitrogen and oxygen atoms in total. The molecule has 0 N–H and O–H groups in total. The number of carbonyl (C=O) groups is 1. The van der Waals surface area contributed by atoms with Gasteiger partial charge in [0, 0.05) is 18.7 Å². The molecule has 1 heterocycles. The van der Waals surface area contributed by atoms with Gasteiger partial charge in [0.2, 0.25) is 10.0 Å². The van der Waals surface area contributed by atoms with E-state index >= 15 is 0 Å². The fourth-order valence-corrected chi connectivity index (χ4v) is 3.20. The van der Waals surface area contributed by atoms with E-state index in [1.165, 1.54) is 0 Å². The van der Waals surface area contributed by atoms with Crippen LogP contribution in [0.25, 0.3) is 0 Å². The molecule has 108 valence electrons. The minimum Gasteiger partial charge on any atom is -0.465 e. The average molecular weight is 300 g/mol. The van der Waals surface area contributed by atoms with Crippen molar-refractivity contribution in [2.45, 2.75) is 17.9 Å². The van der Waals surface area contributed by atoms with Crippen molar-refractivity contribution < 1.29 is 22.9 Å². The summed E-state index contributed by atoms with van der Waals surface area (Å²) < 4.78 is 30.0. The summed E-state index contributed by atoms with van der Waals surface area (Å²) in [5.74, 6) is -0.585. The number of carbonyl (C=O) groups excluding carboxylic acids is 1. The molecule has 1 fully saturated rings. The van der Waals surface area contributed by atoms with Crippen LogP contribution in [0.3, 0.4) is 0 Å². The molecule has 0 aliphatic carbocycles. The number of sulfonamides is 1. The van der Waals surface area contributed by atoms with Crippen LogP contribution in [0.1, 0.15) is 6.92 Å². The lowest BCUT2D eigenvalue weighted by Gasteiger charge is -2.05. The standard InChI is InChI=1S/C11H12N2O6S/c1-2-19-11(14)10-7-12(10)20(17,18)9-5-3-8(4-6-9)13(15)16/h3-6,10H,2,7H2,1H3. The fraction of sp³-hybridized carbons (Fsp3) is 0.364. The smallest absolute Gasteiger partial charge is 0.325 e. The first-order chi connectivity index (χ1) is 9.37. The van der Waals surface area contributed by atoms with Crippen LogP contribution >= 0.6 is 0 Å². The highest BCUT2D eigenvalue weighted by molar-refractivity contribution is 7.89. The van der Waals surface area contributed by atoms with Gasteiger partial charge in [-0.25, -0.2) is 8.42 Å². The third-order valence-electron chi connectivity index (χ3n) is 2.78. The van der Waals surface area contributed by atoms with Gasteiger partial charge >= 0.3 is 5.97 Å². The number of benzene rings is 1. The van der Waals surface area contributed by atoms with Gasteiger partial charge in [0.25, 0.3) is 5.69 Å². The number of rotatable bonds is 5. The van der Waals surface area contributed by atoms with Crippen molar-refractivity contribution in [1.29, 1.82) is 0 Å². The number of ether oxygens (including phenoxy) is 1. The summed E-state index contributed by atoms with van der Waals surface area (Å²) >= 11 is 0. The van der Waals surface area contributed by atoms with E-state index in [1.54, 1.807) is 6.92 Å². The first-order valence-corrected chi connectivity index (χ1v) is 7.25. The van der Waals surface area contributed by atoms with E-state index in [2.05, 4.69) is 0 Å². The van der Waals surface area contributed by atoms with Crippen molar-refractivity contribution in [1.82, 2.24) is 4.31 Å². The van der Waals surface area contributed by atoms with E-state index in [4.69, 9.17) is 4.74 Å². The summed E-state index contributed by atoms with van der Waals surface area (Å²) in [6.07, 6.45) is 0. The molecular weight excluding hydrogens is 288 g/mol. The fourth-order valence-electron chi connectivity index (χ4n) is 1.69. The lowest BCUT2D eigenvalue weighted by molar-refractivity contribution is -0.384. The van der Waals surface area contributed by atoms with Crippen molar-refractivity contribution in [3.8, 4) is 0 Å². The van der Waals surface area contributed by atoms with Gasteiger partial charge in [-0.2, -0.15) is 4.31 Å². The molecule has 0 radical (unpaired) electrons. The van der Waals surface area contributed by atoms with Crippen LogP contribution < -0.4 is 0 Å². The maximum absolute atomic E-state index is 12.1. The molecule has 1 aromatic carbocycles. The highest BCUT2D eigenvalue weighted by Crippen LogP contribution is 2.29. The second kappa shape index (κ2) is 5.17. The van der Waals surface area contributed by atoms with Crippen molar-refractivity contribution in [3.63, 3.8) is 0 Å². The second-order valence-electron chi connectivity index (χ2n) is 4.09. The summed E-state index contributed by atoms with van der Waals surface area (Å²) in [5, 5.41) is 10.5. The first-order valence-electron chi connectivity index (χ1n) is 5.81. The molecule has 0 amide bonds. The molecule has 1 aromatic rings. The van der Waals surface area contributed by atoms with Crippen LogP contribution in [-0.4, -0.2) is 42.8 Å². The highest BCUT2D eigenvalue weighted by atomic mass is 32.2. The SMILES string of the molecule is CCOC(=O)C1CN1S(=O)(=O)c1ccc([N+](=O)[O-])cc1. The molecule has 0 spiro atoms. The summed E-state index contributed by atoms with van der Waals surface area (Å²) in [5.41, 5.74) is -0.198. The first kappa shape index (κ1) is 14.4. The number of hydrogen-bond donors (Lipinski definition) is 0. The number of non-ortho nitro benzene ring substituents is 1. The molecule has 9 heteroatoms. The topological polar surface area (TPSA) is 107 Å². The van der Waals surface area contributed by atoms with Gasteiger partial charge in [-0.3, -0.25) is 14.9 Å². The number of esters is 1. The molecule has 0 bridgehead atoms. The lowest BCUT2D eigenvalue weighted by Crippen LogP contribution is -2.21. The van der Waals surface area contributed by atoms with Crippen molar-refractivity contribution in [3.05, 3.63) is 34.4 Å². The Labute approximate surface area is 115 Å². The molecule has 2 atom stereocenters. The van der Waals surface area contributed by atoms with Crippen LogP contribution in [-0.2, 0) is 19.6 Å². The van der Waals surface area contributed by atoms with Crippen molar-refractivity contribution in [2.24, 2.45) is 0 Å². The zero-order valence-electron chi connectivity index (χ0n) is 10.6. The van der Waals surface area contributed by atoms with Gasteiger partial charge in [0.05, 0.1) is 16.4 Å². The highest BCUT2D eigenvalue weighted by Gasteiger charge is 2.50. The molecular formula is C11H12N2O6S. The minimum absolute atomic E-state index is 0.0676. The van der Waals surface area contributed by atoms with E-state index in [-0.39, 0.29) is 23.7 Å². The van der Waals surface area contributed by atoms with Crippen LogP contribution in [0.2, 0.25) is 0 Å². The monoisotopic (exact) mass is 300 g/mol. The van der Waals surface area contributed by atoms with E-state index in [1.807, 2.05) is 0 Å². The number of nitro benzene ring substituents is 1. The molecule has 1 aliphatic rings. The Morgan fingerprint density at radius 1 is 1.45 bits per heavy atom. The zero-order chi connectivity index (χ0) is 14.9. The van der Waals surface area contributed by atoms with Crippen molar-refractivity contribution in [2.75, 3.05) is 13.2 Å². The number of nitro groups is 1.